The summed E-state index contributed by atoms with van der Waals surface area (Å²) in [6.07, 6.45) is 9.14. The monoisotopic (exact) mass is 462 g/mol. The smallest absolute Gasteiger partial charge is 0.331 e. The molecule has 1 aliphatic heterocycles. The van der Waals surface area contributed by atoms with Gasteiger partial charge in [0.1, 0.15) is 6.10 Å². The topological polar surface area (TPSA) is 59.1 Å². The van der Waals surface area contributed by atoms with Gasteiger partial charge >= 0.3 is 5.97 Å². The minimum Gasteiger partial charge on any atom is -0.449 e. The van der Waals surface area contributed by atoms with Crippen LogP contribution >= 0.6 is 0 Å². The number of allylic oxidation sites excluding steroid dienone is 3. The third-order valence-electron chi connectivity index (χ3n) is 6.23. The van der Waals surface area contributed by atoms with Crippen molar-refractivity contribution in [3.63, 3.8) is 0 Å². The predicted molar refractivity (Wildman–Crippen MR) is 136 cm³/mol. The van der Waals surface area contributed by atoms with E-state index in [9.17, 15) is 4.79 Å². The van der Waals surface area contributed by atoms with Crippen molar-refractivity contribution in [2.45, 2.75) is 71.2 Å². The van der Waals surface area contributed by atoms with Gasteiger partial charge in [0.05, 0.1) is 12.7 Å². The molecular weight excluding hydrogens is 424 g/mol. The second kappa shape index (κ2) is 13.3. The molecule has 2 aromatic rings. The highest BCUT2D eigenvalue weighted by atomic mass is 16.6. The molecule has 0 unspecified atom stereocenters. The number of hydrogen-bond donors (Lipinski definition) is 1. The Balaban J connectivity index is 1.50. The first-order valence-electron chi connectivity index (χ1n) is 12.4. The number of aliphatic hydroxyl groups is 1. The summed E-state index contributed by atoms with van der Waals surface area (Å²) < 4.78 is 11.3. The third kappa shape index (κ3) is 8.58. The summed E-state index contributed by atoms with van der Waals surface area (Å²) in [6.45, 7) is 6.49. The molecule has 4 heteroatoms. The Morgan fingerprint density at radius 1 is 0.971 bits per heavy atom. The fourth-order valence-electron chi connectivity index (χ4n) is 4.49. The van der Waals surface area contributed by atoms with Crippen molar-refractivity contribution in [1.82, 2.24) is 0 Å². The molecule has 0 radical (unpaired) electrons. The molecule has 0 aliphatic carbocycles. The van der Waals surface area contributed by atoms with Crippen LogP contribution in [0.4, 0.5) is 0 Å². The molecule has 1 heterocycles. The molecule has 1 saturated heterocycles. The van der Waals surface area contributed by atoms with Gasteiger partial charge in [-0.3, -0.25) is 0 Å². The number of hydrogen-bond acceptors (Lipinski definition) is 4. The van der Waals surface area contributed by atoms with Crippen LogP contribution < -0.4 is 0 Å². The Hall–Kier alpha value is -2.69. The number of unbranched alkanes of at least 4 members (excludes halogenated alkanes) is 1. The van der Waals surface area contributed by atoms with E-state index in [-0.39, 0.29) is 24.8 Å². The lowest BCUT2D eigenvalue weighted by Crippen LogP contribution is -2.11. The van der Waals surface area contributed by atoms with Crippen molar-refractivity contribution in [2.75, 3.05) is 6.61 Å². The van der Waals surface area contributed by atoms with Crippen LogP contribution in [0.2, 0.25) is 0 Å². The van der Waals surface area contributed by atoms with Gasteiger partial charge in [-0.1, -0.05) is 98.5 Å². The zero-order chi connectivity index (χ0) is 24.3. The normalized spacial score (nSPS) is 19.2. The summed E-state index contributed by atoms with van der Waals surface area (Å²) in [4.78, 5) is 12.7. The number of ether oxygens (including phenoxy) is 2. The number of rotatable bonds is 13. The summed E-state index contributed by atoms with van der Waals surface area (Å²) in [6, 6.07) is 19.7. The van der Waals surface area contributed by atoms with E-state index in [0.29, 0.717) is 5.92 Å². The van der Waals surface area contributed by atoms with Crippen LogP contribution in [-0.2, 0) is 14.3 Å². The van der Waals surface area contributed by atoms with E-state index < -0.39 is 6.10 Å². The zero-order valence-electron chi connectivity index (χ0n) is 20.7. The number of esters is 1. The molecule has 182 valence electrons. The van der Waals surface area contributed by atoms with Crippen LogP contribution in [0, 0.1) is 5.92 Å². The standard InChI is InChI=1S/C30H38O4/c1-22(12-10-11-17-27-28(21-31)33-27)18-23(2)19-24(3)20-29(32)34-30(25-13-6-4-7-14-25)26-15-8-5-9-16-26/h4-9,13-16,19-20,22,27-28,30-31H,10-12,17-18,21H2,1-3H3/b23-19+,24-20+/t22-,27-,28+/m1/s1. The van der Waals surface area contributed by atoms with Gasteiger partial charge in [-0.25, -0.2) is 4.79 Å². The molecule has 3 atom stereocenters. The summed E-state index contributed by atoms with van der Waals surface area (Å²) in [5.74, 6) is 0.251. The first kappa shape index (κ1) is 25.9. The van der Waals surface area contributed by atoms with Crippen LogP contribution in [0.1, 0.15) is 70.1 Å². The van der Waals surface area contributed by atoms with E-state index in [1.54, 1.807) is 6.08 Å². The Bertz CT molecular complexity index is 909. The van der Waals surface area contributed by atoms with Crippen molar-refractivity contribution in [2.24, 2.45) is 5.92 Å². The molecule has 2 aromatic carbocycles. The lowest BCUT2D eigenvalue weighted by molar-refractivity contribution is -0.141. The highest BCUT2D eigenvalue weighted by Crippen LogP contribution is 2.28. The summed E-state index contributed by atoms with van der Waals surface area (Å²) in [5.41, 5.74) is 4.07. The number of aliphatic hydroxyl groups excluding tert-OH is 1. The molecule has 0 aromatic heterocycles. The SMILES string of the molecule is CC(=C\C(=O)OC(c1ccccc1)c1ccccc1)/C=C(\C)C[C@H](C)CCCC[C@H]1O[C@H]1CO. The fraction of sp³-hybridized carbons (Fsp3) is 0.433. The Morgan fingerprint density at radius 2 is 1.59 bits per heavy atom. The van der Waals surface area contributed by atoms with Gasteiger partial charge in [0.2, 0.25) is 0 Å². The average Bonchev–Trinajstić information content (AvgIpc) is 3.60. The van der Waals surface area contributed by atoms with E-state index in [4.69, 9.17) is 14.6 Å². The molecule has 1 N–H and O–H groups in total. The van der Waals surface area contributed by atoms with Crippen molar-refractivity contribution < 1.29 is 19.4 Å². The zero-order valence-corrected chi connectivity index (χ0v) is 20.7. The Labute approximate surface area is 204 Å². The maximum atomic E-state index is 12.7. The first-order valence-corrected chi connectivity index (χ1v) is 12.4. The van der Waals surface area contributed by atoms with Crippen molar-refractivity contribution in [3.05, 3.63) is 95.1 Å². The summed E-state index contributed by atoms with van der Waals surface area (Å²) in [5, 5.41) is 9.03. The maximum absolute atomic E-state index is 12.7. The average molecular weight is 463 g/mol. The minimum atomic E-state index is -0.433. The maximum Gasteiger partial charge on any atom is 0.331 e. The largest absolute Gasteiger partial charge is 0.449 e. The molecule has 1 fully saturated rings. The molecule has 34 heavy (non-hydrogen) atoms. The summed E-state index contributed by atoms with van der Waals surface area (Å²) >= 11 is 0. The van der Waals surface area contributed by atoms with Crippen molar-refractivity contribution >= 4 is 5.97 Å². The number of carbonyl (C=O) groups excluding carboxylic acids is 1. The molecule has 0 spiro atoms. The highest BCUT2D eigenvalue weighted by Gasteiger charge is 2.36. The number of epoxide rings is 1. The van der Waals surface area contributed by atoms with E-state index >= 15 is 0 Å². The third-order valence-corrected chi connectivity index (χ3v) is 6.23. The van der Waals surface area contributed by atoms with Crippen molar-refractivity contribution in [1.29, 1.82) is 0 Å². The summed E-state index contributed by atoms with van der Waals surface area (Å²) in [7, 11) is 0. The first-order chi connectivity index (χ1) is 16.5. The molecule has 4 nitrogen and oxygen atoms in total. The highest BCUT2D eigenvalue weighted by molar-refractivity contribution is 5.83. The van der Waals surface area contributed by atoms with Gasteiger partial charge in [0.15, 0.2) is 6.10 Å². The lowest BCUT2D eigenvalue weighted by Gasteiger charge is -2.18. The molecule has 3 rings (SSSR count). The van der Waals surface area contributed by atoms with Crippen LogP contribution in [0.15, 0.2) is 84.0 Å². The number of benzene rings is 2. The quantitative estimate of drug-likeness (QED) is 0.120. The van der Waals surface area contributed by atoms with E-state index in [2.05, 4.69) is 19.9 Å². The van der Waals surface area contributed by atoms with Crippen LogP contribution in [0.5, 0.6) is 0 Å². The second-order valence-electron chi connectivity index (χ2n) is 9.51. The molecule has 0 bridgehead atoms. The Kier molecular flexibility index (Phi) is 10.1. The minimum absolute atomic E-state index is 0.0831. The molecule has 1 aliphatic rings. The van der Waals surface area contributed by atoms with Gasteiger partial charge < -0.3 is 14.6 Å². The van der Waals surface area contributed by atoms with Gasteiger partial charge in [-0.2, -0.15) is 0 Å². The van der Waals surface area contributed by atoms with Crippen LogP contribution in [0.25, 0.3) is 0 Å². The van der Waals surface area contributed by atoms with Gasteiger partial charge in [0, 0.05) is 6.08 Å². The van der Waals surface area contributed by atoms with Gasteiger partial charge in [-0.15, -0.1) is 0 Å². The van der Waals surface area contributed by atoms with Gasteiger partial charge in [-0.05, 0) is 49.3 Å². The van der Waals surface area contributed by atoms with E-state index in [0.717, 1.165) is 36.0 Å². The van der Waals surface area contributed by atoms with Crippen LogP contribution in [-0.4, -0.2) is 29.9 Å². The van der Waals surface area contributed by atoms with E-state index in [1.807, 2.05) is 67.6 Å². The second-order valence-corrected chi connectivity index (χ2v) is 9.51. The van der Waals surface area contributed by atoms with Gasteiger partial charge in [0.25, 0.3) is 0 Å². The Morgan fingerprint density at radius 3 is 2.15 bits per heavy atom. The van der Waals surface area contributed by atoms with E-state index in [1.165, 1.54) is 18.4 Å². The molecule has 0 saturated carbocycles. The number of carbonyl (C=O) groups is 1. The predicted octanol–water partition coefficient (Wildman–Crippen LogP) is 6.56. The lowest BCUT2D eigenvalue weighted by atomic mass is 9.95. The van der Waals surface area contributed by atoms with Crippen LogP contribution in [0.3, 0.4) is 0 Å². The fourth-order valence-corrected chi connectivity index (χ4v) is 4.49. The molecular formula is C30H38O4. The van der Waals surface area contributed by atoms with Crippen molar-refractivity contribution in [3.8, 4) is 0 Å². The molecule has 0 amide bonds.